The zero-order valence-corrected chi connectivity index (χ0v) is 25.1. The highest BCUT2D eigenvalue weighted by Gasteiger charge is 2.59. The topological polar surface area (TPSA) is 88.8 Å². The second-order valence-electron chi connectivity index (χ2n) is 10.5. The normalized spacial score (nSPS) is 21.7. The largest absolute Gasteiger partial charge is 0.461 e. The lowest BCUT2D eigenvalue weighted by atomic mass is 9.58. The summed E-state index contributed by atoms with van der Waals surface area (Å²) in [5.41, 5.74) is 1.89. The molecule has 3 aromatic rings. The number of hydrogen-bond acceptors (Lipinski definition) is 6. The minimum atomic E-state index is -1.32. The summed E-state index contributed by atoms with van der Waals surface area (Å²) in [6, 6.07) is 28.1. The van der Waals surface area contributed by atoms with Crippen LogP contribution in [0.15, 0.2) is 102 Å². The van der Waals surface area contributed by atoms with Gasteiger partial charge in [0.15, 0.2) is 0 Å². The predicted octanol–water partition coefficient (Wildman–Crippen LogP) is 7.71. The molecule has 1 aliphatic heterocycles. The maximum atomic E-state index is 14.2. The second kappa shape index (κ2) is 15.1. The molecule has 3 aromatic carbocycles. The van der Waals surface area contributed by atoms with Crippen LogP contribution in [0.25, 0.3) is 12.2 Å². The van der Waals surface area contributed by atoms with E-state index in [0.29, 0.717) is 16.3 Å². The Morgan fingerprint density at radius 3 is 2.12 bits per heavy atom. The molecule has 0 saturated heterocycles. The summed E-state index contributed by atoms with van der Waals surface area (Å²) in [6.07, 6.45) is 7.52. The number of carbonyl (C=O) groups excluding carboxylic acids is 2. The number of esters is 2. The summed E-state index contributed by atoms with van der Waals surface area (Å²) in [4.78, 5) is 32.8. The van der Waals surface area contributed by atoms with Gasteiger partial charge in [-0.05, 0) is 61.2 Å². The van der Waals surface area contributed by atoms with Crippen LogP contribution in [0.3, 0.4) is 0 Å². The van der Waals surface area contributed by atoms with Gasteiger partial charge < -0.3 is 9.47 Å². The zero-order chi connectivity index (χ0) is 30.7. The van der Waals surface area contributed by atoms with Crippen LogP contribution < -0.4 is 0 Å². The summed E-state index contributed by atoms with van der Waals surface area (Å²) in [6.45, 7) is 3.69. The van der Waals surface area contributed by atoms with Gasteiger partial charge in [0.1, 0.15) is 19.1 Å². The monoisotopic (exact) mass is 594 g/mol. The average Bonchev–Trinajstić information content (AvgIpc) is 3.01. The SMILES string of the molecule is CC1=NC(C)C(CCC#N)(C(=O)OCC=Cc2ccccc2)C(c2cccc(Cl)c2)C1C(=O)OCC=Cc1ccccc1. The lowest BCUT2D eigenvalue weighted by Crippen LogP contribution is -2.54. The molecule has 43 heavy (non-hydrogen) atoms. The Labute approximate surface area is 258 Å². The highest BCUT2D eigenvalue weighted by atomic mass is 35.5. The van der Waals surface area contributed by atoms with E-state index < -0.39 is 35.2 Å². The van der Waals surface area contributed by atoms with E-state index in [1.807, 2.05) is 85.8 Å². The molecule has 0 aliphatic carbocycles. The smallest absolute Gasteiger partial charge is 0.315 e. The minimum absolute atomic E-state index is 0.0269. The zero-order valence-electron chi connectivity index (χ0n) is 24.4. The van der Waals surface area contributed by atoms with Crippen molar-refractivity contribution in [2.24, 2.45) is 16.3 Å². The molecule has 6 nitrogen and oxygen atoms in total. The molecule has 4 unspecified atom stereocenters. The Hall–Kier alpha value is -4.47. The number of aliphatic imine (C=N–C) groups is 1. The van der Waals surface area contributed by atoms with Crippen LogP contribution in [0.4, 0.5) is 0 Å². The number of ether oxygens (including phenoxy) is 2. The van der Waals surface area contributed by atoms with Crippen molar-refractivity contribution in [3.8, 4) is 6.07 Å². The van der Waals surface area contributed by atoms with Gasteiger partial charge in [-0.3, -0.25) is 14.6 Å². The van der Waals surface area contributed by atoms with Crippen LogP contribution in [0.1, 0.15) is 49.3 Å². The van der Waals surface area contributed by atoms with E-state index in [9.17, 15) is 14.9 Å². The molecule has 0 N–H and O–H groups in total. The summed E-state index contributed by atoms with van der Waals surface area (Å²) in [5.74, 6) is -2.63. The van der Waals surface area contributed by atoms with E-state index in [-0.39, 0.29) is 26.1 Å². The summed E-state index contributed by atoms with van der Waals surface area (Å²) >= 11 is 6.43. The van der Waals surface area contributed by atoms with Crippen LogP contribution in [0.2, 0.25) is 5.02 Å². The number of halogens is 1. The molecule has 0 spiro atoms. The van der Waals surface area contributed by atoms with E-state index in [2.05, 4.69) is 6.07 Å². The van der Waals surface area contributed by atoms with E-state index in [4.69, 9.17) is 26.1 Å². The van der Waals surface area contributed by atoms with Crippen molar-refractivity contribution in [1.29, 1.82) is 5.26 Å². The Bertz CT molecular complexity index is 1530. The third-order valence-electron chi connectivity index (χ3n) is 7.83. The minimum Gasteiger partial charge on any atom is -0.461 e. The van der Waals surface area contributed by atoms with Crippen molar-refractivity contribution in [2.75, 3.05) is 13.2 Å². The average molecular weight is 595 g/mol. The molecule has 1 heterocycles. The lowest BCUT2D eigenvalue weighted by molar-refractivity contribution is -0.161. The number of benzene rings is 3. The van der Waals surface area contributed by atoms with E-state index in [1.54, 1.807) is 37.3 Å². The van der Waals surface area contributed by atoms with Gasteiger partial charge in [0.05, 0.1) is 17.5 Å². The van der Waals surface area contributed by atoms with Crippen molar-refractivity contribution in [1.82, 2.24) is 0 Å². The fourth-order valence-electron chi connectivity index (χ4n) is 5.80. The Morgan fingerprint density at radius 1 is 0.930 bits per heavy atom. The van der Waals surface area contributed by atoms with Crippen LogP contribution >= 0.6 is 11.6 Å². The quantitative estimate of drug-likeness (QED) is 0.212. The first kappa shape index (κ1) is 31.5. The summed E-state index contributed by atoms with van der Waals surface area (Å²) in [5, 5.41) is 10.1. The molecule has 0 bridgehead atoms. The lowest BCUT2D eigenvalue weighted by Gasteiger charge is -2.47. The first-order valence-electron chi connectivity index (χ1n) is 14.3. The molecule has 0 saturated carbocycles. The number of carbonyl (C=O) groups is 2. The molecule has 220 valence electrons. The van der Waals surface area contributed by atoms with Crippen molar-refractivity contribution < 1.29 is 19.1 Å². The number of nitriles is 1. The summed E-state index contributed by atoms with van der Waals surface area (Å²) < 4.78 is 11.6. The number of hydrogen-bond donors (Lipinski definition) is 0. The first-order chi connectivity index (χ1) is 20.9. The molecule has 0 radical (unpaired) electrons. The van der Waals surface area contributed by atoms with Gasteiger partial charge in [-0.25, -0.2) is 0 Å². The molecular weight excluding hydrogens is 560 g/mol. The molecule has 1 aliphatic rings. The van der Waals surface area contributed by atoms with Gasteiger partial charge in [0, 0.05) is 23.1 Å². The van der Waals surface area contributed by atoms with Crippen LogP contribution in [-0.4, -0.2) is 36.9 Å². The van der Waals surface area contributed by atoms with E-state index >= 15 is 0 Å². The van der Waals surface area contributed by atoms with Gasteiger partial charge in [-0.2, -0.15) is 5.26 Å². The Kier molecular flexibility index (Phi) is 11.1. The highest BCUT2D eigenvalue weighted by molar-refractivity contribution is 6.30. The molecule has 0 amide bonds. The fourth-order valence-corrected chi connectivity index (χ4v) is 6.00. The van der Waals surface area contributed by atoms with Gasteiger partial charge >= 0.3 is 11.9 Å². The molecule has 4 rings (SSSR count). The molecule has 0 fully saturated rings. The Morgan fingerprint density at radius 2 is 1.53 bits per heavy atom. The fraction of sp³-hybridized carbons (Fsp3) is 0.278. The van der Waals surface area contributed by atoms with Crippen molar-refractivity contribution in [3.05, 3.63) is 119 Å². The van der Waals surface area contributed by atoms with Crippen LogP contribution in [0, 0.1) is 22.7 Å². The van der Waals surface area contributed by atoms with Crippen molar-refractivity contribution in [2.45, 2.75) is 38.6 Å². The van der Waals surface area contributed by atoms with Crippen LogP contribution in [-0.2, 0) is 19.1 Å². The standard InChI is InChI=1S/C36H35ClN2O4/c1-26-32(34(40)42-23-10-17-28-13-5-3-6-14-28)33(30-19-9-20-31(37)25-30)36(21-12-22-38,27(2)39-26)35(41)43-24-11-18-29-15-7-4-8-16-29/h3-11,13-20,25,27,32-33H,12,21,23-24H2,1-2H3. The summed E-state index contributed by atoms with van der Waals surface area (Å²) in [7, 11) is 0. The maximum Gasteiger partial charge on any atom is 0.315 e. The van der Waals surface area contributed by atoms with Crippen molar-refractivity contribution in [3.63, 3.8) is 0 Å². The maximum absolute atomic E-state index is 14.2. The van der Waals surface area contributed by atoms with Gasteiger partial charge in [0.2, 0.25) is 0 Å². The predicted molar refractivity (Wildman–Crippen MR) is 170 cm³/mol. The molecular formula is C36H35ClN2O4. The van der Waals surface area contributed by atoms with Crippen LogP contribution in [0.5, 0.6) is 0 Å². The third-order valence-corrected chi connectivity index (χ3v) is 8.06. The van der Waals surface area contributed by atoms with Gasteiger partial charge in [0.25, 0.3) is 0 Å². The van der Waals surface area contributed by atoms with Crippen molar-refractivity contribution >= 4 is 41.4 Å². The molecule has 0 aromatic heterocycles. The first-order valence-corrected chi connectivity index (χ1v) is 14.7. The van der Waals surface area contributed by atoms with E-state index in [0.717, 1.165) is 11.1 Å². The Balaban J connectivity index is 1.68. The van der Waals surface area contributed by atoms with Gasteiger partial charge in [-0.15, -0.1) is 0 Å². The number of nitrogens with zero attached hydrogens (tertiary/aromatic N) is 2. The third kappa shape index (κ3) is 7.68. The molecule has 7 heteroatoms. The highest BCUT2D eigenvalue weighted by Crippen LogP contribution is 2.53. The van der Waals surface area contributed by atoms with Gasteiger partial charge in [-0.1, -0.05) is 96.5 Å². The molecule has 4 atom stereocenters. The number of rotatable bonds is 11. The van der Waals surface area contributed by atoms with E-state index in [1.165, 1.54) is 0 Å². The second-order valence-corrected chi connectivity index (χ2v) is 10.9.